The third-order valence-electron chi connectivity index (χ3n) is 3.16. The van der Waals surface area contributed by atoms with Crippen LogP contribution in [-0.4, -0.2) is 22.5 Å². The molecule has 2 aromatic rings. The molecule has 1 aromatic carbocycles. The minimum atomic E-state index is -0.108. The van der Waals surface area contributed by atoms with Crippen LogP contribution in [0.1, 0.15) is 28.7 Å². The molecule has 0 saturated carbocycles. The summed E-state index contributed by atoms with van der Waals surface area (Å²) in [7, 11) is 0. The van der Waals surface area contributed by atoms with Gasteiger partial charge in [0.2, 0.25) is 0 Å². The number of phenolic OH excluding ortho intramolecular Hbond substituents is 1. The van der Waals surface area contributed by atoms with Crippen molar-refractivity contribution in [2.45, 2.75) is 20.8 Å². The number of aromatic nitrogens is 1. The number of carbonyl (C=O) groups is 1. The Kier molecular flexibility index (Phi) is 4.03. The average molecular weight is 270 g/mol. The largest absolute Gasteiger partial charge is 0.508 e. The standard InChI is InChI=1S/C16H18N2O2/c1-4-18(13-6-5-7-14(19)10-13)16(20)15-9-8-11(2)17-12(15)3/h5-10,19H,4H2,1-3H3. The zero-order valence-electron chi connectivity index (χ0n) is 11.9. The highest BCUT2D eigenvalue weighted by Gasteiger charge is 2.18. The fourth-order valence-electron chi connectivity index (χ4n) is 2.16. The van der Waals surface area contributed by atoms with E-state index in [0.29, 0.717) is 23.5 Å². The van der Waals surface area contributed by atoms with Crippen LogP contribution < -0.4 is 4.90 Å². The first-order chi connectivity index (χ1) is 9.52. The van der Waals surface area contributed by atoms with E-state index in [-0.39, 0.29) is 11.7 Å². The van der Waals surface area contributed by atoms with Crippen LogP contribution in [0.25, 0.3) is 0 Å². The summed E-state index contributed by atoms with van der Waals surface area (Å²) >= 11 is 0. The average Bonchev–Trinajstić information content (AvgIpc) is 2.39. The van der Waals surface area contributed by atoms with Crippen molar-refractivity contribution in [2.75, 3.05) is 11.4 Å². The fourth-order valence-corrected chi connectivity index (χ4v) is 2.16. The van der Waals surface area contributed by atoms with Gasteiger partial charge in [0.25, 0.3) is 5.91 Å². The van der Waals surface area contributed by atoms with Gasteiger partial charge >= 0.3 is 0 Å². The Morgan fingerprint density at radius 3 is 2.60 bits per heavy atom. The zero-order chi connectivity index (χ0) is 14.7. The summed E-state index contributed by atoms with van der Waals surface area (Å²) in [4.78, 5) is 18.6. The maximum Gasteiger partial charge on any atom is 0.260 e. The Bertz CT molecular complexity index is 638. The fraction of sp³-hybridized carbons (Fsp3) is 0.250. The second-order valence-electron chi connectivity index (χ2n) is 4.65. The number of aromatic hydroxyl groups is 1. The molecule has 0 bridgehead atoms. The first kappa shape index (κ1) is 14.1. The molecule has 0 saturated heterocycles. The normalized spacial score (nSPS) is 10.3. The first-order valence-electron chi connectivity index (χ1n) is 6.58. The molecule has 2 rings (SSSR count). The minimum absolute atomic E-state index is 0.108. The van der Waals surface area contributed by atoms with Gasteiger partial charge in [0.05, 0.1) is 11.3 Å². The SMILES string of the molecule is CCN(C(=O)c1ccc(C)nc1C)c1cccc(O)c1. The number of carbonyl (C=O) groups excluding carboxylic acids is 1. The van der Waals surface area contributed by atoms with Gasteiger partial charge in [-0.05, 0) is 45.0 Å². The van der Waals surface area contributed by atoms with Gasteiger partial charge in [-0.2, -0.15) is 0 Å². The molecule has 1 aromatic heterocycles. The molecule has 4 nitrogen and oxygen atoms in total. The van der Waals surface area contributed by atoms with Crippen LogP contribution in [0, 0.1) is 13.8 Å². The van der Waals surface area contributed by atoms with Crippen molar-refractivity contribution in [3.05, 3.63) is 53.3 Å². The number of benzene rings is 1. The summed E-state index contributed by atoms with van der Waals surface area (Å²) in [6.45, 7) is 6.15. The van der Waals surface area contributed by atoms with Crippen LogP contribution in [0.5, 0.6) is 5.75 Å². The lowest BCUT2D eigenvalue weighted by Crippen LogP contribution is -2.31. The van der Waals surface area contributed by atoms with E-state index in [9.17, 15) is 9.90 Å². The lowest BCUT2D eigenvalue weighted by molar-refractivity contribution is 0.0987. The van der Waals surface area contributed by atoms with E-state index in [4.69, 9.17) is 0 Å². The third-order valence-corrected chi connectivity index (χ3v) is 3.16. The Labute approximate surface area is 118 Å². The molecule has 0 atom stereocenters. The summed E-state index contributed by atoms with van der Waals surface area (Å²) in [5.74, 6) is 0.0376. The van der Waals surface area contributed by atoms with Crippen molar-refractivity contribution in [3.8, 4) is 5.75 Å². The maximum absolute atomic E-state index is 12.6. The van der Waals surface area contributed by atoms with Gasteiger partial charge in [-0.15, -0.1) is 0 Å². The highest BCUT2D eigenvalue weighted by atomic mass is 16.3. The smallest absolute Gasteiger partial charge is 0.260 e. The molecule has 4 heteroatoms. The maximum atomic E-state index is 12.6. The molecule has 0 aliphatic rings. The number of hydrogen-bond donors (Lipinski definition) is 1. The predicted molar refractivity (Wildman–Crippen MR) is 79.2 cm³/mol. The van der Waals surface area contributed by atoms with Crippen LogP contribution in [0.15, 0.2) is 36.4 Å². The van der Waals surface area contributed by atoms with Crippen molar-refractivity contribution >= 4 is 11.6 Å². The number of rotatable bonds is 3. The van der Waals surface area contributed by atoms with Crippen LogP contribution in [0.3, 0.4) is 0 Å². The van der Waals surface area contributed by atoms with Gasteiger partial charge in [-0.25, -0.2) is 0 Å². The van der Waals surface area contributed by atoms with E-state index >= 15 is 0 Å². The first-order valence-corrected chi connectivity index (χ1v) is 6.58. The molecule has 0 spiro atoms. The van der Waals surface area contributed by atoms with Gasteiger partial charge in [-0.1, -0.05) is 6.07 Å². The molecule has 1 heterocycles. The molecule has 0 aliphatic carbocycles. The second-order valence-corrected chi connectivity index (χ2v) is 4.65. The molecular weight excluding hydrogens is 252 g/mol. The number of hydrogen-bond acceptors (Lipinski definition) is 3. The predicted octanol–water partition coefficient (Wildman–Crippen LogP) is 3.07. The summed E-state index contributed by atoms with van der Waals surface area (Å²) in [5.41, 5.74) is 2.87. The van der Waals surface area contributed by atoms with Crippen molar-refractivity contribution in [1.29, 1.82) is 0 Å². The van der Waals surface area contributed by atoms with E-state index in [2.05, 4.69) is 4.98 Å². The van der Waals surface area contributed by atoms with Crippen LogP contribution in [0.4, 0.5) is 5.69 Å². The van der Waals surface area contributed by atoms with E-state index in [1.54, 1.807) is 35.2 Å². The third kappa shape index (κ3) is 2.79. The van der Waals surface area contributed by atoms with E-state index in [0.717, 1.165) is 5.69 Å². The van der Waals surface area contributed by atoms with Crippen LogP contribution in [0.2, 0.25) is 0 Å². The van der Waals surface area contributed by atoms with Crippen molar-refractivity contribution < 1.29 is 9.90 Å². The number of aryl methyl sites for hydroxylation is 2. The van der Waals surface area contributed by atoms with Crippen molar-refractivity contribution in [2.24, 2.45) is 0 Å². The number of pyridine rings is 1. The molecule has 1 N–H and O–H groups in total. The molecule has 104 valence electrons. The van der Waals surface area contributed by atoms with Gasteiger partial charge in [-0.3, -0.25) is 9.78 Å². The van der Waals surface area contributed by atoms with Gasteiger partial charge in [0.15, 0.2) is 0 Å². The topological polar surface area (TPSA) is 53.4 Å². The van der Waals surface area contributed by atoms with Gasteiger partial charge in [0, 0.05) is 24.0 Å². The molecule has 20 heavy (non-hydrogen) atoms. The van der Waals surface area contributed by atoms with E-state index in [1.807, 2.05) is 26.8 Å². The number of amides is 1. The Morgan fingerprint density at radius 1 is 1.25 bits per heavy atom. The number of nitrogens with zero attached hydrogens (tertiary/aromatic N) is 2. The molecule has 0 fully saturated rings. The molecule has 0 unspecified atom stereocenters. The van der Waals surface area contributed by atoms with E-state index in [1.165, 1.54) is 0 Å². The molecule has 0 radical (unpaired) electrons. The molecular formula is C16H18N2O2. The lowest BCUT2D eigenvalue weighted by atomic mass is 10.1. The van der Waals surface area contributed by atoms with Gasteiger partial charge in [0.1, 0.15) is 5.75 Å². The number of anilines is 1. The molecule has 1 amide bonds. The second kappa shape index (κ2) is 5.74. The van der Waals surface area contributed by atoms with E-state index < -0.39 is 0 Å². The number of phenols is 1. The van der Waals surface area contributed by atoms with Crippen LogP contribution in [-0.2, 0) is 0 Å². The quantitative estimate of drug-likeness (QED) is 0.932. The highest BCUT2D eigenvalue weighted by Crippen LogP contribution is 2.22. The molecule has 0 aliphatic heterocycles. The Balaban J connectivity index is 2.39. The lowest BCUT2D eigenvalue weighted by Gasteiger charge is -2.22. The van der Waals surface area contributed by atoms with Crippen molar-refractivity contribution in [1.82, 2.24) is 4.98 Å². The van der Waals surface area contributed by atoms with Crippen molar-refractivity contribution in [3.63, 3.8) is 0 Å². The summed E-state index contributed by atoms with van der Waals surface area (Å²) in [5, 5.41) is 9.55. The minimum Gasteiger partial charge on any atom is -0.508 e. The summed E-state index contributed by atoms with van der Waals surface area (Å²) < 4.78 is 0. The Hall–Kier alpha value is -2.36. The summed E-state index contributed by atoms with van der Waals surface area (Å²) in [6.07, 6.45) is 0. The Morgan fingerprint density at radius 2 is 2.00 bits per heavy atom. The zero-order valence-corrected chi connectivity index (χ0v) is 11.9. The summed E-state index contributed by atoms with van der Waals surface area (Å²) in [6, 6.07) is 10.3. The van der Waals surface area contributed by atoms with Crippen LogP contribution >= 0.6 is 0 Å². The monoisotopic (exact) mass is 270 g/mol. The highest BCUT2D eigenvalue weighted by molar-refractivity contribution is 6.06. The van der Waals surface area contributed by atoms with Gasteiger partial charge < -0.3 is 10.0 Å².